The van der Waals surface area contributed by atoms with Crippen LogP contribution in [0.3, 0.4) is 0 Å². The van der Waals surface area contributed by atoms with Gasteiger partial charge in [0.2, 0.25) is 0 Å². The molecule has 0 bridgehead atoms. The maximum absolute atomic E-state index is 12.8. The molecule has 3 aromatic rings. The summed E-state index contributed by atoms with van der Waals surface area (Å²) >= 11 is 1.86. The zero-order valence-corrected chi connectivity index (χ0v) is 15.2. The number of benzene rings is 2. The lowest BCUT2D eigenvalue weighted by Gasteiger charge is -2.19. The molecule has 1 amide bonds. The first-order chi connectivity index (χ1) is 12.7. The molecule has 5 heteroatoms. The SMILES string of the molecule is O=C(C(=O)N1CCS[C@H](c2ccccc2)CC1)c1c[nH]c2ccccc12. The number of rotatable bonds is 3. The molecule has 0 saturated carbocycles. The molecule has 132 valence electrons. The van der Waals surface area contributed by atoms with Crippen LogP contribution in [0.1, 0.15) is 27.6 Å². The standard InChI is InChI=1S/C21H20N2O2S/c24-20(17-14-22-18-9-5-4-8-16(17)18)21(25)23-11-10-19(26-13-12-23)15-6-2-1-3-7-15/h1-9,14,19,22H,10-13H2/t19-/m0/s1. The number of amides is 1. The quantitative estimate of drug-likeness (QED) is 0.563. The molecule has 1 aliphatic heterocycles. The zero-order valence-electron chi connectivity index (χ0n) is 14.4. The van der Waals surface area contributed by atoms with Crippen molar-refractivity contribution in [1.29, 1.82) is 0 Å². The number of nitrogens with one attached hydrogen (secondary N) is 1. The monoisotopic (exact) mass is 364 g/mol. The summed E-state index contributed by atoms with van der Waals surface area (Å²) in [7, 11) is 0. The highest BCUT2D eigenvalue weighted by Gasteiger charge is 2.28. The Labute approximate surface area is 156 Å². The normalized spacial score (nSPS) is 17.8. The summed E-state index contributed by atoms with van der Waals surface area (Å²) in [4.78, 5) is 30.3. The topological polar surface area (TPSA) is 53.2 Å². The van der Waals surface area contributed by atoms with Crippen molar-refractivity contribution in [2.24, 2.45) is 0 Å². The smallest absolute Gasteiger partial charge is 0.295 e. The fraction of sp³-hybridized carbons (Fsp3) is 0.238. The van der Waals surface area contributed by atoms with Crippen molar-refractivity contribution in [2.45, 2.75) is 11.7 Å². The van der Waals surface area contributed by atoms with E-state index in [1.165, 1.54) is 5.56 Å². The number of aromatic amines is 1. The summed E-state index contributed by atoms with van der Waals surface area (Å²) in [5.74, 6) is 0.0154. The van der Waals surface area contributed by atoms with Gasteiger partial charge >= 0.3 is 0 Å². The number of aromatic nitrogens is 1. The van der Waals surface area contributed by atoms with Gasteiger partial charge in [-0.3, -0.25) is 9.59 Å². The van der Waals surface area contributed by atoms with Crippen LogP contribution in [0.5, 0.6) is 0 Å². The number of hydrogen-bond donors (Lipinski definition) is 1. The molecule has 1 aromatic heterocycles. The van der Waals surface area contributed by atoms with Crippen LogP contribution < -0.4 is 0 Å². The van der Waals surface area contributed by atoms with Crippen LogP contribution in [-0.4, -0.2) is 40.4 Å². The third-order valence-electron chi connectivity index (χ3n) is 4.83. The van der Waals surface area contributed by atoms with Gasteiger partial charge in [0, 0.05) is 41.2 Å². The fourth-order valence-corrected chi connectivity index (χ4v) is 4.66. The number of Topliss-reactive ketones (excluding diaryl/α,β-unsaturated/α-hetero) is 1. The van der Waals surface area contributed by atoms with Crippen molar-refractivity contribution < 1.29 is 9.59 Å². The molecular weight excluding hydrogens is 344 g/mol. The van der Waals surface area contributed by atoms with Crippen LogP contribution in [-0.2, 0) is 4.79 Å². The third kappa shape index (κ3) is 3.27. The van der Waals surface area contributed by atoms with Gasteiger partial charge in [0.25, 0.3) is 11.7 Å². The summed E-state index contributed by atoms with van der Waals surface area (Å²) in [6, 6.07) is 17.9. The molecule has 26 heavy (non-hydrogen) atoms. The molecule has 1 atom stereocenters. The Bertz CT molecular complexity index is 935. The Morgan fingerprint density at radius 3 is 2.62 bits per heavy atom. The highest BCUT2D eigenvalue weighted by molar-refractivity contribution is 7.99. The first-order valence-corrected chi connectivity index (χ1v) is 9.85. The minimum atomic E-state index is -0.425. The van der Waals surface area contributed by atoms with E-state index in [0.717, 1.165) is 23.1 Å². The number of para-hydroxylation sites is 1. The largest absolute Gasteiger partial charge is 0.360 e. The summed E-state index contributed by atoms with van der Waals surface area (Å²) in [5.41, 5.74) is 2.62. The minimum Gasteiger partial charge on any atom is -0.360 e. The predicted molar refractivity (Wildman–Crippen MR) is 105 cm³/mol. The highest BCUT2D eigenvalue weighted by Crippen LogP contribution is 2.34. The van der Waals surface area contributed by atoms with Gasteiger partial charge in [0.1, 0.15) is 0 Å². The van der Waals surface area contributed by atoms with Crippen molar-refractivity contribution >= 4 is 34.4 Å². The van der Waals surface area contributed by atoms with Gasteiger partial charge in [-0.1, -0.05) is 48.5 Å². The lowest BCUT2D eigenvalue weighted by atomic mass is 10.1. The third-order valence-corrected chi connectivity index (χ3v) is 6.16. The molecule has 1 fully saturated rings. The minimum absolute atomic E-state index is 0.372. The predicted octanol–water partition coefficient (Wildman–Crippen LogP) is 4.06. The number of carbonyl (C=O) groups is 2. The molecular formula is C21H20N2O2S. The van der Waals surface area contributed by atoms with E-state index in [0.29, 0.717) is 23.9 Å². The number of nitrogens with zero attached hydrogens (tertiary/aromatic N) is 1. The van der Waals surface area contributed by atoms with Crippen LogP contribution in [0.2, 0.25) is 0 Å². The van der Waals surface area contributed by atoms with Gasteiger partial charge in [0.15, 0.2) is 0 Å². The second-order valence-corrected chi connectivity index (χ2v) is 7.74. The molecule has 1 saturated heterocycles. The molecule has 4 nitrogen and oxygen atoms in total. The van der Waals surface area contributed by atoms with Gasteiger partial charge in [-0.25, -0.2) is 0 Å². The van der Waals surface area contributed by atoms with E-state index in [4.69, 9.17) is 0 Å². The van der Waals surface area contributed by atoms with Crippen LogP contribution in [0.4, 0.5) is 0 Å². The molecule has 1 N–H and O–H groups in total. The Morgan fingerprint density at radius 2 is 1.77 bits per heavy atom. The average molecular weight is 364 g/mol. The van der Waals surface area contributed by atoms with E-state index < -0.39 is 11.7 Å². The van der Waals surface area contributed by atoms with Gasteiger partial charge in [-0.05, 0) is 18.1 Å². The van der Waals surface area contributed by atoms with Crippen molar-refractivity contribution in [2.75, 3.05) is 18.8 Å². The van der Waals surface area contributed by atoms with Crippen LogP contribution in [0.25, 0.3) is 10.9 Å². The Hall–Kier alpha value is -2.53. The number of H-pyrrole nitrogens is 1. The number of thioether (sulfide) groups is 1. The first kappa shape index (κ1) is 16.9. The Kier molecular flexibility index (Phi) is 4.80. The van der Waals surface area contributed by atoms with Gasteiger partial charge in [-0.2, -0.15) is 11.8 Å². The molecule has 2 heterocycles. The van der Waals surface area contributed by atoms with E-state index >= 15 is 0 Å². The second-order valence-electron chi connectivity index (χ2n) is 6.43. The zero-order chi connectivity index (χ0) is 17.9. The van der Waals surface area contributed by atoms with Crippen molar-refractivity contribution in [3.63, 3.8) is 0 Å². The van der Waals surface area contributed by atoms with E-state index in [-0.39, 0.29) is 0 Å². The van der Waals surface area contributed by atoms with Gasteiger partial charge in [0.05, 0.1) is 5.56 Å². The molecule has 4 rings (SSSR count). The maximum Gasteiger partial charge on any atom is 0.295 e. The lowest BCUT2D eigenvalue weighted by molar-refractivity contribution is -0.126. The summed E-state index contributed by atoms with van der Waals surface area (Å²) in [6.45, 7) is 1.22. The highest BCUT2D eigenvalue weighted by atomic mass is 32.2. The van der Waals surface area contributed by atoms with Crippen molar-refractivity contribution in [3.05, 3.63) is 71.9 Å². The lowest BCUT2D eigenvalue weighted by Crippen LogP contribution is -2.38. The summed E-state index contributed by atoms with van der Waals surface area (Å²) in [6.07, 6.45) is 2.51. The number of ketones is 1. The molecule has 0 radical (unpaired) electrons. The van der Waals surface area contributed by atoms with Crippen LogP contribution >= 0.6 is 11.8 Å². The van der Waals surface area contributed by atoms with E-state index in [1.54, 1.807) is 11.1 Å². The van der Waals surface area contributed by atoms with Crippen molar-refractivity contribution in [1.82, 2.24) is 9.88 Å². The Morgan fingerprint density at radius 1 is 1.00 bits per heavy atom. The van der Waals surface area contributed by atoms with Gasteiger partial charge in [-0.15, -0.1) is 0 Å². The maximum atomic E-state index is 12.8. The molecule has 0 aliphatic carbocycles. The first-order valence-electron chi connectivity index (χ1n) is 8.80. The number of fused-ring (bicyclic) bond motifs is 1. The summed E-state index contributed by atoms with van der Waals surface area (Å²) < 4.78 is 0. The molecule has 2 aromatic carbocycles. The van der Waals surface area contributed by atoms with E-state index in [2.05, 4.69) is 17.1 Å². The second kappa shape index (κ2) is 7.38. The molecule has 0 spiro atoms. The number of hydrogen-bond acceptors (Lipinski definition) is 3. The van der Waals surface area contributed by atoms with Crippen LogP contribution in [0.15, 0.2) is 60.8 Å². The van der Waals surface area contributed by atoms with Crippen molar-refractivity contribution in [3.8, 4) is 0 Å². The molecule has 0 unspecified atom stereocenters. The Balaban J connectivity index is 1.49. The van der Waals surface area contributed by atoms with Crippen LogP contribution in [0, 0.1) is 0 Å². The fourth-order valence-electron chi connectivity index (χ4n) is 3.43. The summed E-state index contributed by atoms with van der Waals surface area (Å²) in [5, 5.41) is 1.18. The van der Waals surface area contributed by atoms with E-state index in [1.807, 2.05) is 54.2 Å². The van der Waals surface area contributed by atoms with Gasteiger partial charge < -0.3 is 9.88 Å². The molecule has 1 aliphatic rings. The van der Waals surface area contributed by atoms with E-state index in [9.17, 15) is 9.59 Å². The number of carbonyl (C=O) groups excluding carboxylic acids is 2. The average Bonchev–Trinajstić information content (AvgIpc) is 2.96.